The second-order valence-corrected chi connectivity index (χ2v) is 4.96. The Labute approximate surface area is 125 Å². The number of carbonyl (C=O) groups is 1. The lowest BCUT2D eigenvalue weighted by atomic mass is 10.3. The average molecular weight is 364 g/mol. The van der Waals surface area contributed by atoms with Gasteiger partial charge in [0.15, 0.2) is 5.69 Å². The van der Waals surface area contributed by atoms with Crippen molar-refractivity contribution in [3.05, 3.63) is 51.1 Å². The molecule has 1 heterocycles. The van der Waals surface area contributed by atoms with E-state index in [-0.39, 0.29) is 26.7 Å². The highest BCUT2D eigenvalue weighted by molar-refractivity contribution is 9.10. The second-order valence-electron chi connectivity index (χ2n) is 3.70. The second kappa shape index (κ2) is 5.72. The van der Waals surface area contributed by atoms with E-state index in [0.29, 0.717) is 6.07 Å². The molecule has 2 rings (SSSR count). The first-order chi connectivity index (χ1) is 9.38. The van der Waals surface area contributed by atoms with Gasteiger partial charge in [-0.2, -0.15) is 0 Å². The minimum absolute atomic E-state index is 0.0381. The summed E-state index contributed by atoms with van der Waals surface area (Å²) < 4.78 is 26.7. The Balaban J connectivity index is 2.38. The molecule has 20 heavy (non-hydrogen) atoms. The summed E-state index contributed by atoms with van der Waals surface area (Å²) in [5, 5.41) is 11.4. The molecule has 0 aliphatic heterocycles. The number of rotatable bonds is 3. The molecule has 2 N–H and O–H groups in total. The summed E-state index contributed by atoms with van der Waals surface area (Å²) in [4.78, 5) is 14.6. The number of carboxylic acid groups (broad SMARTS) is 1. The first-order valence-corrected chi connectivity index (χ1v) is 6.37. The standard InChI is InChI=1S/C12H6BrClF2N2O2/c13-5-3-9(8(16)4-7(5)15)17-10-2-1-6(14)11(18-10)12(19)20/h1-4H,(H,17,18)(H,19,20). The van der Waals surface area contributed by atoms with E-state index in [0.717, 1.165) is 0 Å². The fourth-order valence-corrected chi connectivity index (χ4v) is 1.95. The van der Waals surface area contributed by atoms with Crippen molar-refractivity contribution in [3.63, 3.8) is 0 Å². The molecule has 0 aliphatic rings. The van der Waals surface area contributed by atoms with Crippen molar-refractivity contribution in [2.24, 2.45) is 0 Å². The lowest BCUT2D eigenvalue weighted by Crippen LogP contribution is -2.05. The molecule has 0 radical (unpaired) electrons. The summed E-state index contributed by atoms with van der Waals surface area (Å²) in [6, 6.07) is 4.57. The van der Waals surface area contributed by atoms with E-state index >= 15 is 0 Å². The first-order valence-electron chi connectivity index (χ1n) is 5.20. The lowest BCUT2D eigenvalue weighted by molar-refractivity contribution is 0.0691. The third-order valence-corrected chi connectivity index (χ3v) is 3.23. The molecule has 0 fully saturated rings. The maximum absolute atomic E-state index is 13.6. The molecule has 8 heteroatoms. The van der Waals surface area contributed by atoms with Crippen molar-refractivity contribution in [2.75, 3.05) is 5.32 Å². The van der Waals surface area contributed by atoms with E-state index in [1.807, 2.05) is 0 Å². The van der Waals surface area contributed by atoms with Crippen LogP contribution in [-0.4, -0.2) is 16.1 Å². The van der Waals surface area contributed by atoms with Crippen LogP contribution in [0.4, 0.5) is 20.3 Å². The number of nitrogens with zero attached hydrogens (tertiary/aromatic N) is 1. The van der Waals surface area contributed by atoms with Crippen molar-refractivity contribution in [1.29, 1.82) is 0 Å². The highest BCUT2D eigenvalue weighted by Gasteiger charge is 2.13. The van der Waals surface area contributed by atoms with Gasteiger partial charge in [0.1, 0.15) is 17.5 Å². The number of pyridine rings is 1. The van der Waals surface area contributed by atoms with E-state index in [1.54, 1.807) is 0 Å². The van der Waals surface area contributed by atoms with Crippen molar-refractivity contribution in [1.82, 2.24) is 4.98 Å². The van der Waals surface area contributed by atoms with Crippen molar-refractivity contribution in [2.45, 2.75) is 0 Å². The van der Waals surface area contributed by atoms with E-state index in [4.69, 9.17) is 16.7 Å². The number of nitrogens with one attached hydrogen (secondary N) is 1. The fraction of sp³-hybridized carbons (Fsp3) is 0. The molecule has 0 unspecified atom stereocenters. The largest absolute Gasteiger partial charge is 0.476 e. The quantitative estimate of drug-likeness (QED) is 0.802. The Kier molecular flexibility index (Phi) is 4.20. The molecule has 2 aromatic rings. The highest BCUT2D eigenvalue weighted by Crippen LogP contribution is 2.26. The third kappa shape index (κ3) is 3.05. The molecule has 0 amide bonds. The molecule has 0 saturated heterocycles. The molecule has 104 valence electrons. The number of hydrogen-bond donors (Lipinski definition) is 2. The van der Waals surface area contributed by atoms with Crippen molar-refractivity contribution < 1.29 is 18.7 Å². The fourth-order valence-electron chi connectivity index (χ4n) is 1.42. The van der Waals surface area contributed by atoms with Gasteiger partial charge in [0, 0.05) is 6.07 Å². The van der Waals surface area contributed by atoms with Gasteiger partial charge < -0.3 is 10.4 Å². The topological polar surface area (TPSA) is 62.2 Å². The molecule has 0 aliphatic carbocycles. The van der Waals surface area contributed by atoms with Gasteiger partial charge in [-0.15, -0.1) is 0 Å². The Hall–Kier alpha value is -1.73. The Morgan fingerprint density at radius 3 is 2.65 bits per heavy atom. The molecular weight excluding hydrogens is 357 g/mol. The number of aromatic carboxylic acids is 1. The predicted octanol–water partition coefficient (Wildman–Crippen LogP) is 4.22. The number of hydrogen-bond acceptors (Lipinski definition) is 3. The number of aromatic nitrogens is 1. The van der Waals surface area contributed by atoms with E-state index < -0.39 is 17.6 Å². The van der Waals surface area contributed by atoms with Gasteiger partial charge in [0.25, 0.3) is 0 Å². The lowest BCUT2D eigenvalue weighted by Gasteiger charge is -2.09. The Morgan fingerprint density at radius 2 is 2.00 bits per heavy atom. The van der Waals surface area contributed by atoms with Gasteiger partial charge in [-0.3, -0.25) is 0 Å². The molecule has 0 bridgehead atoms. The maximum Gasteiger partial charge on any atom is 0.356 e. The third-order valence-electron chi connectivity index (χ3n) is 2.32. The summed E-state index contributed by atoms with van der Waals surface area (Å²) >= 11 is 8.59. The number of carboxylic acids is 1. The monoisotopic (exact) mass is 362 g/mol. The zero-order valence-corrected chi connectivity index (χ0v) is 12.0. The van der Waals surface area contributed by atoms with Crippen LogP contribution in [0.5, 0.6) is 0 Å². The summed E-state index contributed by atoms with van der Waals surface area (Å²) in [6.07, 6.45) is 0. The van der Waals surface area contributed by atoms with Crippen LogP contribution >= 0.6 is 27.5 Å². The highest BCUT2D eigenvalue weighted by atomic mass is 79.9. The zero-order valence-electron chi connectivity index (χ0n) is 9.62. The molecule has 1 aromatic carbocycles. The van der Waals surface area contributed by atoms with Gasteiger partial charge in [0.2, 0.25) is 0 Å². The molecule has 1 aromatic heterocycles. The van der Waals surface area contributed by atoms with Crippen molar-refractivity contribution >= 4 is 45.0 Å². The van der Waals surface area contributed by atoms with Gasteiger partial charge in [0.05, 0.1) is 15.2 Å². The maximum atomic E-state index is 13.6. The summed E-state index contributed by atoms with van der Waals surface area (Å²) in [7, 11) is 0. The molecule has 0 atom stereocenters. The SMILES string of the molecule is O=C(O)c1nc(Nc2cc(Br)c(F)cc2F)ccc1Cl. The van der Waals surface area contributed by atoms with Gasteiger partial charge in [-0.05, 0) is 34.1 Å². The van der Waals surface area contributed by atoms with Gasteiger partial charge >= 0.3 is 5.97 Å². The summed E-state index contributed by atoms with van der Waals surface area (Å²) in [5.74, 6) is -2.81. The van der Waals surface area contributed by atoms with E-state index in [1.165, 1.54) is 18.2 Å². The van der Waals surface area contributed by atoms with Crippen LogP contribution in [0.3, 0.4) is 0 Å². The van der Waals surface area contributed by atoms with Crippen LogP contribution in [0.25, 0.3) is 0 Å². The van der Waals surface area contributed by atoms with Crippen LogP contribution in [-0.2, 0) is 0 Å². The molecule has 0 spiro atoms. The summed E-state index contributed by atoms with van der Waals surface area (Å²) in [6.45, 7) is 0. The van der Waals surface area contributed by atoms with Gasteiger partial charge in [-0.25, -0.2) is 18.6 Å². The van der Waals surface area contributed by atoms with Crippen LogP contribution in [0, 0.1) is 11.6 Å². The van der Waals surface area contributed by atoms with Crippen LogP contribution < -0.4 is 5.32 Å². The minimum Gasteiger partial charge on any atom is -0.476 e. The minimum atomic E-state index is -1.31. The first kappa shape index (κ1) is 14.7. The molecule has 0 saturated carbocycles. The zero-order chi connectivity index (χ0) is 14.9. The number of benzene rings is 1. The van der Waals surface area contributed by atoms with E-state index in [9.17, 15) is 13.6 Å². The Bertz CT molecular complexity index is 697. The van der Waals surface area contributed by atoms with Crippen LogP contribution in [0.1, 0.15) is 10.5 Å². The smallest absolute Gasteiger partial charge is 0.356 e. The predicted molar refractivity (Wildman–Crippen MR) is 73.5 cm³/mol. The van der Waals surface area contributed by atoms with Crippen LogP contribution in [0.2, 0.25) is 5.02 Å². The normalized spacial score (nSPS) is 10.4. The van der Waals surface area contributed by atoms with Gasteiger partial charge in [-0.1, -0.05) is 11.6 Å². The number of halogens is 4. The van der Waals surface area contributed by atoms with Crippen LogP contribution in [0.15, 0.2) is 28.7 Å². The molecular formula is C12H6BrClF2N2O2. The summed E-state index contributed by atoms with van der Waals surface area (Å²) in [5.41, 5.74) is -0.414. The number of anilines is 2. The van der Waals surface area contributed by atoms with E-state index in [2.05, 4.69) is 26.2 Å². The van der Waals surface area contributed by atoms with Crippen molar-refractivity contribution in [3.8, 4) is 0 Å². The average Bonchev–Trinajstić information content (AvgIpc) is 2.37. The molecule has 4 nitrogen and oxygen atoms in total. The Morgan fingerprint density at radius 1 is 1.30 bits per heavy atom.